The summed E-state index contributed by atoms with van der Waals surface area (Å²) in [5.41, 5.74) is 9.89. The van der Waals surface area contributed by atoms with E-state index in [1.165, 1.54) is 5.56 Å². The first-order valence-electron chi connectivity index (χ1n) is 13.0. The molecule has 2 aromatic carbocycles. The molecule has 0 spiro atoms. The van der Waals surface area contributed by atoms with E-state index < -0.39 is 12.3 Å². The second-order valence-electron chi connectivity index (χ2n) is 9.65. The van der Waals surface area contributed by atoms with Gasteiger partial charge in [0.1, 0.15) is 5.75 Å². The molecule has 1 aliphatic heterocycles. The van der Waals surface area contributed by atoms with Gasteiger partial charge in [-0.3, -0.25) is 15.4 Å². The Balaban J connectivity index is 1.34. The van der Waals surface area contributed by atoms with Crippen LogP contribution in [0.15, 0.2) is 66.0 Å². The number of hydrogen-bond acceptors (Lipinski definition) is 9. The zero-order valence-electron chi connectivity index (χ0n) is 22.0. The molecule has 39 heavy (non-hydrogen) atoms. The van der Waals surface area contributed by atoms with Gasteiger partial charge < -0.3 is 21.1 Å². The Morgan fingerprint density at radius 3 is 2.87 bits per heavy atom. The fraction of sp³-hybridized carbons (Fsp3) is 0.370. The largest absolute Gasteiger partial charge is 0.508 e. The van der Waals surface area contributed by atoms with Crippen LogP contribution in [-0.4, -0.2) is 63.9 Å². The molecule has 1 saturated heterocycles. The summed E-state index contributed by atoms with van der Waals surface area (Å²) in [5, 5.41) is 24.3. The van der Waals surface area contributed by atoms with Gasteiger partial charge in [-0.1, -0.05) is 30.3 Å². The summed E-state index contributed by atoms with van der Waals surface area (Å²) in [7, 11) is 0. The van der Waals surface area contributed by atoms with Crippen molar-refractivity contribution in [3.63, 3.8) is 0 Å². The van der Waals surface area contributed by atoms with Gasteiger partial charge in [-0.25, -0.2) is 9.97 Å². The number of aromatic nitrogens is 2. The van der Waals surface area contributed by atoms with E-state index >= 15 is 0 Å². The molecular weight excluding hydrogens is 496 g/mol. The SMILES string of the molecule is C[C@H]1CN[C@@H](C(=O)NC(N)/[NH+]=N\N)CN1Cc1cccc(-c2ccnc(NCCCc3ccc(O)cc3)n2)c1. The number of carbonyl (C=O) groups excluding carboxylic acids is 1. The van der Waals surface area contributed by atoms with Crippen molar-refractivity contribution in [1.29, 1.82) is 0 Å². The summed E-state index contributed by atoms with van der Waals surface area (Å²) < 4.78 is 0. The predicted molar refractivity (Wildman–Crippen MR) is 148 cm³/mol. The van der Waals surface area contributed by atoms with Gasteiger partial charge >= 0.3 is 0 Å². The Morgan fingerprint density at radius 2 is 2.08 bits per heavy atom. The number of nitrogens with two attached hydrogens (primary N) is 2. The smallest absolute Gasteiger partial charge is 0.242 e. The molecule has 1 unspecified atom stereocenters. The molecule has 4 rings (SSSR count). The highest BCUT2D eigenvalue weighted by molar-refractivity contribution is 5.82. The highest BCUT2D eigenvalue weighted by Crippen LogP contribution is 2.21. The molecule has 0 radical (unpaired) electrons. The van der Waals surface area contributed by atoms with Crippen molar-refractivity contribution in [2.75, 3.05) is 25.0 Å². The van der Waals surface area contributed by atoms with E-state index in [0.717, 1.165) is 36.2 Å². The number of benzene rings is 2. The maximum atomic E-state index is 12.6. The number of piperazine rings is 1. The molecule has 3 atom stereocenters. The number of anilines is 1. The predicted octanol–water partition coefficient (Wildman–Crippen LogP) is -0.179. The number of hydrogen-bond donors (Lipinski definition) is 7. The highest BCUT2D eigenvalue weighted by Gasteiger charge is 2.30. The third kappa shape index (κ3) is 8.18. The first-order chi connectivity index (χ1) is 18.9. The van der Waals surface area contributed by atoms with Gasteiger partial charge in [-0.15, -0.1) is 5.11 Å². The van der Waals surface area contributed by atoms with E-state index in [9.17, 15) is 9.90 Å². The van der Waals surface area contributed by atoms with E-state index in [1.54, 1.807) is 18.3 Å². The molecule has 12 heteroatoms. The number of carbonyl (C=O) groups is 1. The van der Waals surface area contributed by atoms with Crippen LogP contribution >= 0.6 is 0 Å². The Morgan fingerprint density at radius 1 is 1.26 bits per heavy atom. The van der Waals surface area contributed by atoms with Crippen molar-refractivity contribution < 1.29 is 15.0 Å². The number of phenolic OH excluding ortho intramolecular Hbond substituents is 1. The molecule has 9 N–H and O–H groups in total. The lowest BCUT2D eigenvalue weighted by Crippen LogP contribution is -2.84. The number of aromatic hydroxyl groups is 1. The van der Waals surface area contributed by atoms with Crippen molar-refractivity contribution >= 4 is 11.9 Å². The average molecular weight is 534 g/mol. The Bertz CT molecular complexity index is 1250. The number of phenols is 1. The fourth-order valence-corrected chi connectivity index (χ4v) is 4.51. The first kappa shape index (κ1) is 27.9. The van der Waals surface area contributed by atoms with Crippen molar-refractivity contribution in [3.05, 3.63) is 71.9 Å². The minimum absolute atomic E-state index is 0.214. The van der Waals surface area contributed by atoms with Gasteiger partial charge in [0.15, 0.2) is 0 Å². The van der Waals surface area contributed by atoms with Crippen molar-refractivity contribution in [3.8, 4) is 17.0 Å². The van der Waals surface area contributed by atoms with E-state index in [2.05, 4.69) is 55.2 Å². The second-order valence-corrected chi connectivity index (χ2v) is 9.65. The van der Waals surface area contributed by atoms with Gasteiger partial charge in [0.05, 0.1) is 17.0 Å². The van der Waals surface area contributed by atoms with Crippen LogP contribution in [0, 0.1) is 0 Å². The van der Waals surface area contributed by atoms with E-state index in [4.69, 9.17) is 16.6 Å². The fourth-order valence-electron chi connectivity index (χ4n) is 4.51. The maximum absolute atomic E-state index is 12.6. The molecule has 1 aromatic heterocycles. The molecule has 2 heterocycles. The van der Waals surface area contributed by atoms with Crippen LogP contribution in [0.1, 0.15) is 24.5 Å². The summed E-state index contributed by atoms with van der Waals surface area (Å²) in [4.78, 5) is 24.0. The molecule has 1 amide bonds. The lowest BCUT2D eigenvalue weighted by Gasteiger charge is -2.38. The number of aryl methyl sites for hydroxylation is 1. The number of nitrogens with zero attached hydrogens (tertiary/aromatic N) is 4. The Kier molecular flexibility index (Phi) is 9.73. The molecule has 3 aromatic rings. The molecule has 1 aliphatic rings. The summed E-state index contributed by atoms with van der Waals surface area (Å²) in [5.74, 6) is 5.71. The zero-order chi connectivity index (χ0) is 27.6. The Hall–Kier alpha value is -4.13. The maximum Gasteiger partial charge on any atom is 0.242 e. The van der Waals surface area contributed by atoms with E-state index in [1.807, 2.05) is 30.3 Å². The van der Waals surface area contributed by atoms with E-state index in [-0.39, 0.29) is 17.7 Å². The second kappa shape index (κ2) is 13.6. The third-order valence-electron chi connectivity index (χ3n) is 6.65. The average Bonchev–Trinajstić information content (AvgIpc) is 2.94. The topological polar surface area (TPSA) is 181 Å². The van der Waals surface area contributed by atoms with Crippen LogP contribution in [0.4, 0.5) is 5.95 Å². The molecule has 0 aliphatic carbocycles. The van der Waals surface area contributed by atoms with Gasteiger partial charge in [0.25, 0.3) is 0 Å². The number of rotatable bonds is 11. The van der Waals surface area contributed by atoms with E-state index in [0.29, 0.717) is 25.6 Å². The van der Waals surface area contributed by atoms with Crippen LogP contribution in [0.25, 0.3) is 11.3 Å². The van der Waals surface area contributed by atoms with Crippen LogP contribution in [0.5, 0.6) is 5.75 Å². The molecule has 12 nitrogen and oxygen atoms in total. The van der Waals surface area contributed by atoms with Crippen molar-refractivity contribution in [1.82, 2.24) is 25.5 Å². The number of amides is 1. The summed E-state index contributed by atoms with van der Waals surface area (Å²) in [6, 6.07) is 17.3. The summed E-state index contributed by atoms with van der Waals surface area (Å²) in [6.45, 7) is 4.78. The van der Waals surface area contributed by atoms with Gasteiger partial charge in [0, 0.05) is 44.0 Å². The van der Waals surface area contributed by atoms with Gasteiger partial charge in [-0.2, -0.15) is 5.84 Å². The molecular formula is C27H37N10O2+. The zero-order valence-corrected chi connectivity index (χ0v) is 22.0. The van der Waals surface area contributed by atoms with Crippen LogP contribution in [-0.2, 0) is 17.8 Å². The summed E-state index contributed by atoms with van der Waals surface area (Å²) >= 11 is 0. The lowest BCUT2D eigenvalue weighted by atomic mass is 10.0. The van der Waals surface area contributed by atoms with Crippen LogP contribution in [0.2, 0.25) is 0 Å². The van der Waals surface area contributed by atoms with Crippen LogP contribution < -0.4 is 32.6 Å². The molecule has 206 valence electrons. The molecule has 0 bridgehead atoms. The van der Waals surface area contributed by atoms with Crippen molar-refractivity contribution in [2.45, 2.75) is 44.7 Å². The third-order valence-corrected chi connectivity index (χ3v) is 6.65. The van der Waals surface area contributed by atoms with Gasteiger partial charge in [-0.05, 0) is 55.2 Å². The molecule has 1 fully saturated rings. The molecule has 0 saturated carbocycles. The first-order valence-corrected chi connectivity index (χ1v) is 13.0. The highest BCUT2D eigenvalue weighted by atomic mass is 16.3. The standard InChI is InChI=1S/C27H36N10O2/c1-18-15-32-24(25(39)34-26(28)35-36-29)17-37(18)16-20-4-2-6-21(14-20)23-11-13-31-27(33-23)30-12-3-5-19-7-9-22(38)10-8-19/h2,4,6-11,13-14,18,24,26,32,38H,3,5,12,15-17,28H2,1H3,(H2,29,35)(H,34,39)(H,30,31,33)/p+1/t18-,24+,26?/m0/s1. The number of nitrogens with one attached hydrogen (secondary N) is 4. The summed E-state index contributed by atoms with van der Waals surface area (Å²) in [6.07, 6.45) is 2.73. The Labute approximate surface area is 227 Å². The van der Waals surface area contributed by atoms with Crippen molar-refractivity contribution in [2.24, 2.45) is 16.8 Å². The lowest BCUT2D eigenvalue weighted by molar-refractivity contribution is -0.578. The normalized spacial score (nSPS) is 18.6. The minimum atomic E-state index is -0.847. The monoisotopic (exact) mass is 533 g/mol. The minimum Gasteiger partial charge on any atom is -0.508 e. The van der Waals surface area contributed by atoms with Gasteiger partial charge in [0.2, 0.25) is 18.1 Å². The quantitative estimate of drug-likeness (QED) is 0.0578. The van der Waals surface area contributed by atoms with Crippen LogP contribution in [0.3, 0.4) is 0 Å².